The molecule has 0 aliphatic carbocycles. The third-order valence-electron chi connectivity index (χ3n) is 4.97. The Balaban J connectivity index is 1.45. The van der Waals surface area contributed by atoms with Crippen LogP contribution in [-0.4, -0.2) is 54.5 Å². The van der Waals surface area contributed by atoms with Gasteiger partial charge in [-0.15, -0.1) is 5.10 Å². The van der Waals surface area contributed by atoms with E-state index < -0.39 is 0 Å². The van der Waals surface area contributed by atoms with Crippen LogP contribution in [0.1, 0.15) is 18.4 Å². The molecule has 0 spiro atoms. The summed E-state index contributed by atoms with van der Waals surface area (Å²) in [4.78, 5) is 4.74. The first kappa shape index (κ1) is 16.1. The molecule has 4 rings (SSSR count). The van der Waals surface area contributed by atoms with Gasteiger partial charge in [0.1, 0.15) is 13.2 Å². The normalized spacial score (nSPS) is 19.9. The van der Waals surface area contributed by atoms with Crippen LogP contribution in [0.5, 0.6) is 11.5 Å². The van der Waals surface area contributed by atoms with E-state index in [2.05, 4.69) is 33.1 Å². The van der Waals surface area contributed by atoms with Crippen molar-refractivity contribution in [3.8, 4) is 11.5 Å². The Morgan fingerprint density at radius 3 is 3.00 bits per heavy atom. The van der Waals surface area contributed by atoms with Crippen LogP contribution in [0.15, 0.2) is 36.5 Å². The molecule has 1 atom stereocenters. The second-order valence-corrected chi connectivity index (χ2v) is 6.68. The summed E-state index contributed by atoms with van der Waals surface area (Å²) < 4.78 is 11.6. The minimum atomic E-state index is 0.483. The van der Waals surface area contributed by atoms with Crippen LogP contribution in [0.3, 0.4) is 0 Å². The summed E-state index contributed by atoms with van der Waals surface area (Å²) in [5, 5.41) is 8.27. The number of benzene rings is 1. The van der Waals surface area contributed by atoms with Gasteiger partial charge in [-0.3, -0.25) is 4.90 Å². The fraction of sp³-hybridized carbons (Fsp3) is 0.474. The lowest BCUT2D eigenvalue weighted by atomic mass is 10.0. The molecule has 0 unspecified atom stereocenters. The van der Waals surface area contributed by atoms with Crippen LogP contribution in [0.4, 0.5) is 5.82 Å². The van der Waals surface area contributed by atoms with Crippen LogP contribution in [0.2, 0.25) is 0 Å². The van der Waals surface area contributed by atoms with Crippen molar-refractivity contribution in [2.75, 3.05) is 38.3 Å². The van der Waals surface area contributed by atoms with Gasteiger partial charge in [0.15, 0.2) is 17.3 Å². The van der Waals surface area contributed by atoms with Gasteiger partial charge in [-0.1, -0.05) is 12.1 Å². The highest BCUT2D eigenvalue weighted by Crippen LogP contribution is 2.34. The number of likely N-dealkylation sites (N-methyl/N-ethyl adjacent to an activating group) is 1. The zero-order valence-electron chi connectivity index (χ0n) is 14.6. The Labute approximate surface area is 148 Å². The molecule has 0 radical (unpaired) electrons. The maximum absolute atomic E-state index is 5.85. The summed E-state index contributed by atoms with van der Waals surface area (Å²) in [7, 11) is 2.19. The molecule has 0 amide bonds. The molecule has 1 aromatic heterocycles. The minimum absolute atomic E-state index is 0.483. The Kier molecular flexibility index (Phi) is 4.70. The van der Waals surface area contributed by atoms with E-state index in [9.17, 15) is 0 Å². The van der Waals surface area contributed by atoms with Gasteiger partial charge in [0, 0.05) is 37.4 Å². The van der Waals surface area contributed by atoms with Crippen molar-refractivity contribution in [1.29, 1.82) is 0 Å². The number of para-hydroxylation sites is 1. The topological polar surface area (TPSA) is 50.7 Å². The molecule has 1 aromatic carbocycles. The molecule has 3 heterocycles. The summed E-state index contributed by atoms with van der Waals surface area (Å²) in [5.41, 5.74) is 1.19. The number of hydrogen-bond donors (Lipinski definition) is 0. The van der Waals surface area contributed by atoms with Crippen LogP contribution in [0, 0.1) is 0 Å². The minimum Gasteiger partial charge on any atom is -0.486 e. The van der Waals surface area contributed by atoms with Crippen molar-refractivity contribution in [1.82, 2.24) is 15.1 Å². The molecule has 6 heteroatoms. The first-order chi connectivity index (χ1) is 12.3. The van der Waals surface area contributed by atoms with Crippen LogP contribution in [-0.2, 0) is 6.54 Å². The van der Waals surface area contributed by atoms with Gasteiger partial charge < -0.3 is 14.4 Å². The predicted octanol–water partition coefficient (Wildman–Crippen LogP) is 2.35. The van der Waals surface area contributed by atoms with Crippen molar-refractivity contribution in [3.63, 3.8) is 0 Å². The molecule has 0 N–H and O–H groups in total. The van der Waals surface area contributed by atoms with Gasteiger partial charge in [0.2, 0.25) is 0 Å². The number of ether oxygens (including phenoxy) is 2. The fourth-order valence-electron chi connectivity index (χ4n) is 3.64. The van der Waals surface area contributed by atoms with Crippen LogP contribution in [0.25, 0.3) is 0 Å². The van der Waals surface area contributed by atoms with E-state index in [0.717, 1.165) is 43.4 Å². The van der Waals surface area contributed by atoms with E-state index in [1.807, 2.05) is 24.3 Å². The van der Waals surface area contributed by atoms with Gasteiger partial charge >= 0.3 is 0 Å². The van der Waals surface area contributed by atoms with Crippen molar-refractivity contribution < 1.29 is 9.47 Å². The Morgan fingerprint density at radius 1 is 1.20 bits per heavy atom. The standard InChI is InChI=1S/C19H24N4O2/c1-22(13-15-5-2-7-17-19(15)25-12-11-24-17)16-6-4-10-23(14-16)18-8-3-9-20-21-18/h2-3,5,7-9,16H,4,6,10-14H2,1H3/t16-/m0/s1. The fourth-order valence-corrected chi connectivity index (χ4v) is 3.64. The SMILES string of the molecule is CN(Cc1cccc2c1OCCO2)[C@H]1CCCN(c2cccnn2)C1. The largest absolute Gasteiger partial charge is 0.486 e. The van der Waals surface area contributed by atoms with E-state index in [-0.39, 0.29) is 0 Å². The molecule has 132 valence electrons. The first-order valence-corrected chi connectivity index (χ1v) is 8.91. The summed E-state index contributed by atoms with van der Waals surface area (Å²) in [5.74, 6) is 2.73. The van der Waals surface area contributed by atoms with Crippen molar-refractivity contribution in [2.24, 2.45) is 0 Å². The molecule has 2 aromatic rings. The third kappa shape index (κ3) is 3.54. The molecular formula is C19H24N4O2. The highest BCUT2D eigenvalue weighted by molar-refractivity contribution is 5.47. The number of piperidine rings is 1. The number of anilines is 1. The Bertz CT molecular complexity index is 710. The molecule has 0 saturated carbocycles. The van der Waals surface area contributed by atoms with E-state index in [1.165, 1.54) is 12.0 Å². The second kappa shape index (κ2) is 7.27. The summed E-state index contributed by atoms with van der Waals surface area (Å²) in [6.07, 6.45) is 4.08. The van der Waals surface area contributed by atoms with Crippen molar-refractivity contribution in [3.05, 3.63) is 42.1 Å². The molecule has 6 nitrogen and oxygen atoms in total. The van der Waals surface area contributed by atoms with Gasteiger partial charge in [-0.25, -0.2) is 0 Å². The molecule has 0 bridgehead atoms. The second-order valence-electron chi connectivity index (χ2n) is 6.68. The Morgan fingerprint density at radius 2 is 2.12 bits per heavy atom. The average molecular weight is 340 g/mol. The van der Waals surface area contributed by atoms with Crippen molar-refractivity contribution in [2.45, 2.75) is 25.4 Å². The lowest BCUT2D eigenvalue weighted by Crippen LogP contribution is -2.46. The first-order valence-electron chi connectivity index (χ1n) is 8.91. The lowest BCUT2D eigenvalue weighted by Gasteiger charge is -2.38. The summed E-state index contributed by atoms with van der Waals surface area (Å²) >= 11 is 0. The van der Waals surface area contributed by atoms with E-state index in [4.69, 9.17) is 9.47 Å². The van der Waals surface area contributed by atoms with Gasteiger partial charge in [0.05, 0.1) is 0 Å². The van der Waals surface area contributed by atoms with Crippen molar-refractivity contribution >= 4 is 5.82 Å². The number of fused-ring (bicyclic) bond motifs is 1. The number of rotatable bonds is 4. The van der Waals surface area contributed by atoms with Crippen LogP contribution < -0.4 is 14.4 Å². The molecule has 2 aliphatic heterocycles. The summed E-state index contributed by atoms with van der Waals surface area (Å²) in [6, 6.07) is 10.6. The number of hydrogen-bond acceptors (Lipinski definition) is 6. The number of aromatic nitrogens is 2. The maximum Gasteiger partial charge on any atom is 0.165 e. The zero-order valence-corrected chi connectivity index (χ0v) is 14.6. The lowest BCUT2D eigenvalue weighted by molar-refractivity contribution is 0.163. The molecule has 2 aliphatic rings. The van der Waals surface area contributed by atoms with Gasteiger partial charge in [-0.2, -0.15) is 5.10 Å². The van der Waals surface area contributed by atoms with Gasteiger partial charge in [-0.05, 0) is 38.1 Å². The average Bonchev–Trinajstić information content (AvgIpc) is 2.69. The zero-order chi connectivity index (χ0) is 17.1. The van der Waals surface area contributed by atoms with Gasteiger partial charge in [0.25, 0.3) is 0 Å². The molecule has 25 heavy (non-hydrogen) atoms. The quantitative estimate of drug-likeness (QED) is 0.852. The predicted molar refractivity (Wildman–Crippen MR) is 96.2 cm³/mol. The molecule has 1 fully saturated rings. The molecule has 1 saturated heterocycles. The summed E-state index contributed by atoms with van der Waals surface area (Å²) in [6.45, 7) is 4.12. The Hall–Kier alpha value is -2.34. The third-order valence-corrected chi connectivity index (χ3v) is 4.97. The highest BCUT2D eigenvalue weighted by atomic mass is 16.6. The molecular weight excluding hydrogens is 316 g/mol. The van der Waals surface area contributed by atoms with E-state index >= 15 is 0 Å². The van der Waals surface area contributed by atoms with E-state index in [1.54, 1.807) is 6.20 Å². The number of nitrogens with zero attached hydrogens (tertiary/aromatic N) is 4. The highest BCUT2D eigenvalue weighted by Gasteiger charge is 2.25. The monoisotopic (exact) mass is 340 g/mol. The van der Waals surface area contributed by atoms with E-state index in [0.29, 0.717) is 19.3 Å². The smallest absolute Gasteiger partial charge is 0.165 e. The van der Waals surface area contributed by atoms with Crippen LogP contribution >= 0.6 is 0 Å². The maximum atomic E-state index is 5.85.